The van der Waals surface area contributed by atoms with Crippen LogP contribution >= 0.6 is 0 Å². The Morgan fingerprint density at radius 1 is 0.545 bits per heavy atom. The molecule has 2 aromatic carbocycles. The molecule has 0 nitrogen and oxygen atoms in total. The molecule has 0 saturated carbocycles. The second-order valence-electron chi connectivity index (χ2n) is 6.12. The van der Waals surface area contributed by atoms with Gasteiger partial charge in [-0.2, -0.15) is 12.2 Å². The summed E-state index contributed by atoms with van der Waals surface area (Å²) < 4.78 is 95.5. The summed E-state index contributed by atoms with van der Waals surface area (Å²) in [5.74, 6) is -11.8. The average Bonchev–Trinajstić information content (AvgIpc) is 3.40. The molecule has 4 rings (SSSR count). The van der Waals surface area contributed by atoms with Gasteiger partial charge in [-0.1, -0.05) is 26.0 Å². The Bertz CT molecular complexity index is 850. The van der Waals surface area contributed by atoms with Gasteiger partial charge in [-0.05, 0) is 0 Å². The number of halogens is 8. The van der Waals surface area contributed by atoms with Gasteiger partial charge in [-0.25, -0.2) is 40.9 Å². The molecule has 33 heavy (non-hydrogen) atoms. The van der Waals surface area contributed by atoms with Crippen LogP contribution in [0.25, 0.3) is 0 Å². The van der Waals surface area contributed by atoms with E-state index in [9.17, 15) is 35.1 Å². The molecular formula is C24H16F8Ti. The molecule has 2 aliphatic carbocycles. The fourth-order valence-electron chi connectivity index (χ4n) is 1.94. The predicted molar refractivity (Wildman–Crippen MR) is 103 cm³/mol. The van der Waals surface area contributed by atoms with E-state index in [0.29, 0.717) is 0 Å². The van der Waals surface area contributed by atoms with E-state index in [-0.39, 0.29) is 33.9 Å². The van der Waals surface area contributed by atoms with E-state index in [1.165, 1.54) is 23.3 Å². The van der Waals surface area contributed by atoms with E-state index in [1.807, 2.05) is 0 Å². The summed E-state index contributed by atoms with van der Waals surface area (Å²) in [5.41, 5.74) is 2.55. The van der Waals surface area contributed by atoms with Gasteiger partial charge in [0, 0.05) is 46.5 Å². The first-order chi connectivity index (χ1) is 15.0. The third-order valence-corrected chi connectivity index (χ3v) is 3.52. The molecule has 0 N–H and O–H groups in total. The van der Waals surface area contributed by atoms with Crippen LogP contribution in [0.4, 0.5) is 35.1 Å². The van der Waals surface area contributed by atoms with Crippen molar-refractivity contribution in [3.63, 3.8) is 0 Å². The molecule has 0 aromatic heterocycles. The molecule has 9 heteroatoms. The normalized spacial score (nSPS) is 12.8. The minimum atomic E-state index is -1.51. The summed E-state index contributed by atoms with van der Waals surface area (Å²) in [4.78, 5) is 0. The Hall–Kier alpha value is -2.45. The van der Waals surface area contributed by atoms with E-state index in [1.54, 1.807) is 0 Å². The smallest absolute Gasteiger partial charge is 0.281 e. The molecule has 172 valence electrons. The Kier molecular flexibility index (Phi) is 14.3. The first-order valence-corrected chi connectivity index (χ1v) is 8.93. The maximum Gasteiger partial charge on any atom is 4.00 e. The Morgan fingerprint density at radius 2 is 0.818 bits per heavy atom. The van der Waals surface area contributed by atoms with Crippen LogP contribution in [0.1, 0.15) is 26.7 Å². The predicted octanol–water partition coefficient (Wildman–Crippen LogP) is 7.48. The largest absolute Gasteiger partial charge is 4.00 e. The Labute approximate surface area is 201 Å². The van der Waals surface area contributed by atoms with Crippen LogP contribution in [0.2, 0.25) is 0 Å². The van der Waals surface area contributed by atoms with Crippen LogP contribution in [0, 0.1) is 70.8 Å². The zero-order valence-electron chi connectivity index (χ0n) is 17.4. The standard InChI is InChI=1S/2C6HF4.2C6H7.Ti/c2*7-3-1-4(8)6(10)2-5(3)9;2*1-6-4-2-3-5-6;/h2*1H;2*2,4H,3H2,1H3;/q4*-1;+4. The molecule has 0 amide bonds. The zero-order chi connectivity index (χ0) is 24.3. The number of hydrogen-bond acceptors (Lipinski definition) is 0. The summed E-state index contributed by atoms with van der Waals surface area (Å²) in [7, 11) is 0. The third kappa shape index (κ3) is 11.8. The Morgan fingerprint density at radius 3 is 0.939 bits per heavy atom. The fraction of sp³-hybridized carbons (Fsp3) is 0.167. The van der Waals surface area contributed by atoms with E-state index in [4.69, 9.17) is 0 Å². The minimum Gasteiger partial charge on any atom is -0.281 e. The quantitative estimate of drug-likeness (QED) is 0.151. The van der Waals surface area contributed by atoms with Crippen molar-refractivity contribution in [1.29, 1.82) is 0 Å². The van der Waals surface area contributed by atoms with Crippen molar-refractivity contribution in [3.05, 3.63) is 118 Å². The van der Waals surface area contributed by atoms with E-state index in [0.717, 1.165) is 12.8 Å². The number of benzene rings is 2. The van der Waals surface area contributed by atoms with Crippen LogP contribution in [0.5, 0.6) is 0 Å². The Balaban J connectivity index is 0.000000420. The molecular weight excluding hydrogens is 488 g/mol. The van der Waals surface area contributed by atoms with Gasteiger partial charge in [0.25, 0.3) is 0 Å². The molecule has 0 fully saturated rings. The number of allylic oxidation sites excluding steroid dienone is 8. The molecule has 0 radical (unpaired) electrons. The molecule has 2 aromatic rings. The van der Waals surface area contributed by atoms with Gasteiger partial charge in [0.1, 0.15) is 0 Å². The van der Waals surface area contributed by atoms with E-state index >= 15 is 0 Å². The second kappa shape index (κ2) is 15.4. The maximum atomic E-state index is 11.9. The van der Waals surface area contributed by atoms with Gasteiger partial charge in [0.2, 0.25) is 0 Å². The second-order valence-corrected chi connectivity index (χ2v) is 6.12. The maximum absolute atomic E-state index is 11.9. The van der Waals surface area contributed by atoms with Crippen molar-refractivity contribution < 1.29 is 56.8 Å². The molecule has 0 bridgehead atoms. The molecule has 0 aliphatic heterocycles. The van der Waals surface area contributed by atoms with Crippen molar-refractivity contribution in [2.45, 2.75) is 26.7 Å². The van der Waals surface area contributed by atoms with Gasteiger partial charge in [-0.15, -0.1) is 25.0 Å². The zero-order valence-corrected chi connectivity index (χ0v) is 19.0. The summed E-state index contributed by atoms with van der Waals surface area (Å²) in [6.07, 6.45) is 16.7. The molecule has 0 unspecified atom stereocenters. The van der Waals surface area contributed by atoms with Crippen LogP contribution in [0.15, 0.2) is 47.6 Å². The van der Waals surface area contributed by atoms with Crippen molar-refractivity contribution in [2.75, 3.05) is 0 Å². The molecule has 0 atom stereocenters. The van der Waals surface area contributed by atoms with Crippen molar-refractivity contribution in [1.82, 2.24) is 0 Å². The topological polar surface area (TPSA) is 0 Å². The van der Waals surface area contributed by atoms with Crippen LogP contribution < -0.4 is 0 Å². The van der Waals surface area contributed by atoms with Crippen molar-refractivity contribution in [3.8, 4) is 0 Å². The van der Waals surface area contributed by atoms with Gasteiger partial charge in [0.05, 0.1) is 0 Å². The van der Waals surface area contributed by atoms with Gasteiger partial charge in [-0.3, -0.25) is 29.7 Å². The molecule has 2 aliphatic rings. The average molecular weight is 504 g/mol. The summed E-state index contributed by atoms with van der Waals surface area (Å²) >= 11 is 0. The van der Waals surface area contributed by atoms with E-state index < -0.39 is 46.5 Å². The van der Waals surface area contributed by atoms with Gasteiger partial charge < -0.3 is 0 Å². The van der Waals surface area contributed by atoms with Crippen molar-refractivity contribution >= 4 is 0 Å². The van der Waals surface area contributed by atoms with Gasteiger partial charge in [0.15, 0.2) is 0 Å². The first kappa shape index (κ1) is 30.6. The summed E-state index contributed by atoms with van der Waals surface area (Å²) in [5, 5.41) is 0. The summed E-state index contributed by atoms with van der Waals surface area (Å²) in [6.45, 7) is 4.12. The minimum absolute atomic E-state index is 0. The van der Waals surface area contributed by atoms with Crippen LogP contribution in [-0.2, 0) is 21.7 Å². The third-order valence-electron chi connectivity index (χ3n) is 3.52. The van der Waals surface area contributed by atoms with E-state index in [2.05, 4.69) is 50.3 Å². The van der Waals surface area contributed by atoms with Crippen molar-refractivity contribution in [2.24, 2.45) is 0 Å². The fourth-order valence-corrected chi connectivity index (χ4v) is 1.94. The summed E-state index contributed by atoms with van der Waals surface area (Å²) in [6, 6.07) is 2.70. The SMILES string of the molecule is CC1=[C-]CC=C1.CC1=[C-]CC=C1.Fc1[c-]c(F)c(F)cc1F.Fc1[c-]c(F)c(F)cc1F.[Ti+4]. The van der Waals surface area contributed by atoms with Crippen LogP contribution in [-0.4, -0.2) is 0 Å². The van der Waals surface area contributed by atoms with Gasteiger partial charge >= 0.3 is 21.7 Å². The molecule has 0 heterocycles. The number of hydrogen-bond donors (Lipinski definition) is 0. The number of rotatable bonds is 0. The first-order valence-electron chi connectivity index (χ1n) is 8.93. The molecule has 0 spiro atoms. The molecule has 0 saturated heterocycles. The van der Waals surface area contributed by atoms with Crippen LogP contribution in [0.3, 0.4) is 0 Å². The monoisotopic (exact) mass is 504 g/mol.